The molecule has 14 aliphatic rings. The molecule has 0 N–H and O–H groups in total. The third-order valence-corrected chi connectivity index (χ3v) is 61.2. The third-order valence-electron chi connectivity index (χ3n) is 18.5. The fourth-order valence-electron chi connectivity index (χ4n) is 14.9. The molecule has 14 fully saturated rings. The molecule has 1 unspecified atom stereocenters. The van der Waals surface area contributed by atoms with Gasteiger partial charge in [0.2, 0.25) is 0 Å². The summed E-state index contributed by atoms with van der Waals surface area (Å²) in [5.74, 6) is 0. The highest BCUT2D eigenvalue weighted by atomic mass is 28.6. The molecule has 8 bridgehead atoms. The highest BCUT2D eigenvalue weighted by molar-refractivity contribution is 7.04. The lowest BCUT2D eigenvalue weighted by atomic mass is 10.4. The summed E-state index contributed by atoms with van der Waals surface area (Å²) in [5.41, 5.74) is 0.0478. The van der Waals surface area contributed by atoms with Crippen LogP contribution in [0.5, 0.6) is 0 Å². The van der Waals surface area contributed by atoms with Crippen LogP contribution < -0.4 is 0 Å². The van der Waals surface area contributed by atoms with Gasteiger partial charge in [-0.05, 0) is 115 Å². The number of ether oxygens (including phenoxy) is 2. The predicted molar refractivity (Wildman–Crippen MR) is 263 cm³/mol. The van der Waals surface area contributed by atoms with Crippen LogP contribution in [0.2, 0.25) is 57.9 Å². The predicted octanol–water partition coefficient (Wildman–Crippen LogP) is 10.9. The van der Waals surface area contributed by atoms with E-state index in [1.54, 1.807) is 0 Å². The van der Waals surface area contributed by atoms with Crippen molar-refractivity contribution in [1.29, 1.82) is 0 Å². The molecule has 7 aliphatic carbocycles. The number of hydrogen-bond acceptors (Lipinski definition) is 15. The standard InChI is InChI=1S/C43H80O15Si9/c1-59(2,33-17-32-44-34-36-35-45-36)46-67-56-64(41-26-11-12-27-41)50-61(38-20-5-6-21-38)47-60(37-18-3-4-19-37)48-62(52-64,39-22-7-8-23-39)54-66(58-67,43-30-15-16-31-43)55-63(49-60,40-24-9-10-25-40)53-65(51-61,57-67)42-28-13-14-29-42/h36-43H,3-35H2,1-2H3. The van der Waals surface area contributed by atoms with Gasteiger partial charge in [0.05, 0.1) is 13.2 Å². The van der Waals surface area contributed by atoms with E-state index in [1.807, 2.05) is 0 Å². The van der Waals surface area contributed by atoms with E-state index in [-0.39, 0.29) is 44.9 Å². The van der Waals surface area contributed by atoms with Gasteiger partial charge in [-0.3, -0.25) is 0 Å². The number of epoxide rings is 1. The van der Waals surface area contributed by atoms with Crippen LogP contribution in [0, 0.1) is 0 Å². The second-order valence-corrected chi connectivity index (χ2v) is 53.6. The van der Waals surface area contributed by atoms with Crippen LogP contribution in [0.1, 0.15) is 186 Å². The van der Waals surface area contributed by atoms with Crippen LogP contribution in [0.15, 0.2) is 0 Å². The molecule has 14 rings (SSSR count). The minimum Gasteiger partial charge on any atom is -0.395 e. The van der Waals surface area contributed by atoms with Crippen molar-refractivity contribution in [3.05, 3.63) is 0 Å². The molecule has 7 saturated heterocycles. The Morgan fingerprint density at radius 3 is 0.851 bits per heavy atom. The Morgan fingerprint density at radius 2 is 0.612 bits per heavy atom. The van der Waals surface area contributed by atoms with Gasteiger partial charge in [-0.1, -0.05) is 89.9 Å². The van der Waals surface area contributed by atoms with Crippen LogP contribution in [0.25, 0.3) is 0 Å². The van der Waals surface area contributed by atoms with Gasteiger partial charge in [0, 0.05) is 45.4 Å². The largest absolute Gasteiger partial charge is 0.646 e. The summed E-state index contributed by atoms with van der Waals surface area (Å²) in [6.07, 6.45) is 29.5. The van der Waals surface area contributed by atoms with E-state index in [0.29, 0.717) is 13.2 Å². The highest BCUT2D eigenvalue weighted by Crippen LogP contribution is 2.66. The first kappa shape index (κ1) is 48.0. The second-order valence-electron chi connectivity index (χ2n) is 23.8. The van der Waals surface area contributed by atoms with Crippen molar-refractivity contribution in [3.8, 4) is 0 Å². The summed E-state index contributed by atoms with van der Waals surface area (Å²) < 4.78 is 121. The fourth-order valence-corrected chi connectivity index (χ4v) is 73.9. The van der Waals surface area contributed by atoms with Crippen molar-refractivity contribution in [3.63, 3.8) is 0 Å². The first-order valence-electron chi connectivity index (χ1n) is 27.8. The Bertz CT molecular complexity index is 1600. The zero-order valence-electron chi connectivity index (χ0n) is 40.6. The zero-order chi connectivity index (χ0) is 45.1. The van der Waals surface area contributed by atoms with E-state index in [9.17, 15) is 0 Å². The Kier molecular flexibility index (Phi) is 13.1. The molecule has 0 spiro atoms. The summed E-state index contributed by atoms with van der Waals surface area (Å²) in [7, 11) is -35.3. The summed E-state index contributed by atoms with van der Waals surface area (Å²) >= 11 is 0. The molecule has 378 valence electrons. The van der Waals surface area contributed by atoms with Gasteiger partial charge in [-0.15, -0.1) is 0 Å². The summed E-state index contributed by atoms with van der Waals surface area (Å²) in [4.78, 5) is 0. The zero-order valence-corrected chi connectivity index (χ0v) is 49.6. The van der Waals surface area contributed by atoms with Crippen molar-refractivity contribution in [1.82, 2.24) is 0 Å². The van der Waals surface area contributed by atoms with Gasteiger partial charge in [-0.2, -0.15) is 0 Å². The van der Waals surface area contributed by atoms with Gasteiger partial charge in [0.1, 0.15) is 6.10 Å². The maximum absolute atomic E-state index is 8.51. The molecule has 7 saturated carbocycles. The topological polar surface area (TPSA) is 142 Å². The Hall–Kier alpha value is 1.35. The molecule has 15 nitrogen and oxygen atoms in total. The lowest BCUT2D eigenvalue weighted by Crippen LogP contribution is -2.91. The SMILES string of the molecule is C[Si](C)(CCCOCC1CO1)O[Si]12O[Si]3(C4CCCC4)O[Si]4(C5CCCC5)O[Si](C5CCCC5)(O1)O[Si]1(C5CCCC5)O[Si](C5CCCC5)(O2)O[Si](C2CCCC2)(O3)O[Si](C2CCCC2)(O4)O1. The van der Waals surface area contributed by atoms with E-state index in [1.165, 1.54) is 0 Å². The van der Waals surface area contributed by atoms with Crippen molar-refractivity contribution < 1.29 is 63.0 Å². The van der Waals surface area contributed by atoms with E-state index >= 15 is 0 Å². The number of rotatable bonds is 15. The second kappa shape index (κ2) is 18.3. The molecule has 7 heterocycles. The van der Waals surface area contributed by atoms with Crippen LogP contribution >= 0.6 is 0 Å². The molecule has 24 heteroatoms. The Balaban J connectivity index is 1.07. The average molecular weight is 1090 g/mol. The van der Waals surface area contributed by atoms with Crippen LogP contribution in [-0.4, -0.2) is 105 Å². The molecule has 7 aliphatic heterocycles. The fraction of sp³-hybridized carbons (Fsp3) is 1.00. The molecule has 0 aromatic carbocycles. The monoisotopic (exact) mass is 1090 g/mol. The summed E-state index contributed by atoms with van der Waals surface area (Å²) in [6, 6.07) is 0.829. The van der Waals surface area contributed by atoms with E-state index in [0.717, 1.165) is 199 Å². The van der Waals surface area contributed by atoms with E-state index < -0.39 is 79.0 Å². The molecule has 1 atom stereocenters. The van der Waals surface area contributed by atoms with Crippen molar-refractivity contribution in [2.75, 3.05) is 19.8 Å². The van der Waals surface area contributed by atoms with Crippen LogP contribution in [0.4, 0.5) is 0 Å². The Morgan fingerprint density at radius 1 is 0.373 bits per heavy atom. The minimum atomic E-state index is -4.50. The molecule has 0 aromatic rings. The third kappa shape index (κ3) is 8.65. The minimum absolute atomic E-state index is 0.0257. The van der Waals surface area contributed by atoms with Gasteiger partial charge >= 0.3 is 70.7 Å². The molecule has 0 radical (unpaired) electrons. The quantitative estimate of drug-likeness (QED) is 0.0871. The van der Waals surface area contributed by atoms with Crippen molar-refractivity contribution in [2.24, 2.45) is 0 Å². The molecule has 0 aromatic heterocycles. The lowest BCUT2D eigenvalue weighted by molar-refractivity contribution is -0.0610. The van der Waals surface area contributed by atoms with Gasteiger partial charge in [-0.25, -0.2) is 0 Å². The van der Waals surface area contributed by atoms with Gasteiger partial charge < -0.3 is 63.0 Å². The molecular formula is C43H80O15Si9. The average Bonchev–Trinajstić information content (AvgIpc) is 4.09. The number of hydrogen-bond donors (Lipinski definition) is 0. The maximum Gasteiger partial charge on any atom is 0.646 e. The normalized spacial score (nSPS) is 47.1. The van der Waals surface area contributed by atoms with E-state index in [4.69, 9.17) is 63.0 Å². The summed E-state index contributed by atoms with van der Waals surface area (Å²) in [6.45, 7) is 6.67. The van der Waals surface area contributed by atoms with Crippen molar-refractivity contribution >= 4 is 79.0 Å². The highest BCUT2D eigenvalue weighted by Gasteiger charge is 2.89. The van der Waals surface area contributed by atoms with Gasteiger partial charge in [0.25, 0.3) is 0 Å². The molecular weight excluding hydrogens is 1010 g/mol. The lowest BCUT2D eigenvalue weighted by Gasteiger charge is -2.66. The first-order valence-corrected chi connectivity index (χ1v) is 45.2. The maximum atomic E-state index is 8.51. The summed E-state index contributed by atoms with van der Waals surface area (Å²) in [5, 5.41) is 0. The Labute approximate surface area is 409 Å². The van der Waals surface area contributed by atoms with Gasteiger partial charge in [0.15, 0.2) is 8.32 Å². The van der Waals surface area contributed by atoms with Crippen molar-refractivity contribution in [2.45, 2.75) is 250 Å². The first-order chi connectivity index (χ1) is 32.5. The molecule has 0 amide bonds. The van der Waals surface area contributed by atoms with Crippen LogP contribution in [0.3, 0.4) is 0 Å². The smallest absolute Gasteiger partial charge is 0.395 e. The van der Waals surface area contributed by atoms with Crippen LogP contribution in [-0.2, 0) is 63.0 Å². The molecule has 67 heavy (non-hydrogen) atoms. The van der Waals surface area contributed by atoms with E-state index in [2.05, 4.69) is 13.1 Å².